The third-order valence-electron chi connectivity index (χ3n) is 7.16. The number of fused-ring (bicyclic) bond motifs is 1. The summed E-state index contributed by atoms with van der Waals surface area (Å²) in [4.78, 5) is 39.8. The lowest BCUT2D eigenvalue weighted by Gasteiger charge is -2.38. The van der Waals surface area contributed by atoms with Crippen molar-refractivity contribution in [3.63, 3.8) is 0 Å². The quantitative estimate of drug-likeness (QED) is 0.549. The summed E-state index contributed by atoms with van der Waals surface area (Å²) in [6, 6.07) is 13.1. The van der Waals surface area contributed by atoms with Crippen molar-refractivity contribution in [3.05, 3.63) is 64.7 Å². The van der Waals surface area contributed by atoms with Crippen LogP contribution in [0.2, 0.25) is 0 Å². The molecule has 3 amide bonds. The first-order valence-corrected chi connectivity index (χ1v) is 13.5. The number of hydrogen-bond donors (Lipinski definition) is 2. The van der Waals surface area contributed by atoms with Gasteiger partial charge in [0.1, 0.15) is 23.1 Å². The van der Waals surface area contributed by atoms with Crippen molar-refractivity contribution in [2.24, 2.45) is 0 Å². The van der Waals surface area contributed by atoms with E-state index in [0.717, 1.165) is 11.1 Å². The Bertz CT molecular complexity index is 1230. The van der Waals surface area contributed by atoms with Crippen LogP contribution in [0.25, 0.3) is 0 Å². The van der Waals surface area contributed by atoms with Crippen LogP contribution in [0.15, 0.2) is 42.5 Å². The molecule has 0 saturated carbocycles. The predicted octanol–water partition coefficient (Wildman–Crippen LogP) is 4.82. The van der Waals surface area contributed by atoms with E-state index in [9.17, 15) is 14.4 Å². The second-order valence-corrected chi connectivity index (χ2v) is 11.4. The normalized spacial score (nSPS) is 22.5. The van der Waals surface area contributed by atoms with Crippen LogP contribution in [0.1, 0.15) is 84.7 Å². The van der Waals surface area contributed by atoms with Crippen molar-refractivity contribution in [2.45, 2.75) is 70.2 Å². The number of hydrogen-bond acceptors (Lipinski definition) is 5. The van der Waals surface area contributed by atoms with E-state index in [0.29, 0.717) is 30.7 Å². The van der Waals surface area contributed by atoms with Crippen molar-refractivity contribution in [3.8, 4) is 5.75 Å². The van der Waals surface area contributed by atoms with Gasteiger partial charge in [0.15, 0.2) is 0 Å². The fourth-order valence-corrected chi connectivity index (χ4v) is 5.34. The highest BCUT2D eigenvalue weighted by molar-refractivity contribution is 6.02. The second kappa shape index (κ2) is 11.2. The Hall–Kier alpha value is -3.62. The lowest BCUT2D eigenvalue weighted by atomic mass is 9.87. The van der Waals surface area contributed by atoms with Gasteiger partial charge in [-0.05, 0) is 58.2 Å². The van der Waals surface area contributed by atoms with Gasteiger partial charge in [0.25, 0.3) is 11.8 Å². The van der Waals surface area contributed by atoms with Gasteiger partial charge in [-0.25, -0.2) is 9.18 Å². The number of alkyl halides is 1. The molecular formula is C30H38FN3O5. The Labute approximate surface area is 229 Å². The van der Waals surface area contributed by atoms with Gasteiger partial charge in [0.05, 0.1) is 12.1 Å². The van der Waals surface area contributed by atoms with Gasteiger partial charge in [-0.3, -0.25) is 9.59 Å². The van der Waals surface area contributed by atoms with Crippen LogP contribution in [-0.4, -0.2) is 66.9 Å². The van der Waals surface area contributed by atoms with E-state index in [1.165, 1.54) is 18.0 Å². The van der Waals surface area contributed by atoms with Gasteiger partial charge in [0, 0.05) is 43.6 Å². The maximum atomic E-state index is 15.7. The predicted molar refractivity (Wildman–Crippen MR) is 146 cm³/mol. The number of nitrogens with zero attached hydrogens (tertiary/aromatic N) is 1. The van der Waals surface area contributed by atoms with Crippen LogP contribution in [0.3, 0.4) is 0 Å². The topological polar surface area (TPSA) is 97.0 Å². The largest absolute Gasteiger partial charge is 0.489 e. The fourth-order valence-electron chi connectivity index (χ4n) is 5.34. The lowest BCUT2D eigenvalue weighted by molar-refractivity contribution is -0.00740. The standard InChI is InChI=1S/C30H38FN3O5/c1-19-24(20-10-7-6-8-11-20)22-16-21(17-23(25(22)38-19)27(36)32-5)26(35)33-14-13-30(31)12-9-15-34(18-30)28(37)39-29(2,3)4/h6-8,10-11,16-17,19,24H,9,12-15,18H2,1-5H3,(H,32,36)(H,33,35). The van der Waals surface area contributed by atoms with Crippen molar-refractivity contribution in [1.82, 2.24) is 15.5 Å². The third-order valence-corrected chi connectivity index (χ3v) is 7.16. The maximum Gasteiger partial charge on any atom is 0.410 e. The summed E-state index contributed by atoms with van der Waals surface area (Å²) in [6.07, 6.45) is 0.115. The molecule has 39 heavy (non-hydrogen) atoms. The smallest absolute Gasteiger partial charge is 0.410 e. The van der Waals surface area contributed by atoms with E-state index in [4.69, 9.17) is 9.47 Å². The molecule has 0 bridgehead atoms. The van der Waals surface area contributed by atoms with Crippen molar-refractivity contribution in [2.75, 3.05) is 26.7 Å². The van der Waals surface area contributed by atoms with E-state index in [2.05, 4.69) is 10.6 Å². The summed E-state index contributed by atoms with van der Waals surface area (Å²) in [5.74, 6) is -0.432. The number of halogens is 1. The minimum atomic E-state index is -1.63. The third kappa shape index (κ3) is 6.52. The number of ether oxygens (including phenoxy) is 2. The second-order valence-electron chi connectivity index (χ2n) is 11.4. The Morgan fingerprint density at radius 2 is 1.87 bits per heavy atom. The molecule has 1 saturated heterocycles. The molecule has 2 aliphatic heterocycles. The molecule has 2 heterocycles. The molecular weight excluding hydrogens is 501 g/mol. The number of amides is 3. The Morgan fingerprint density at radius 1 is 1.15 bits per heavy atom. The number of nitrogens with one attached hydrogen (secondary N) is 2. The minimum Gasteiger partial charge on any atom is -0.489 e. The summed E-state index contributed by atoms with van der Waals surface area (Å²) in [5.41, 5.74) is 0.0888. The van der Waals surface area contributed by atoms with Crippen LogP contribution >= 0.6 is 0 Å². The number of likely N-dealkylation sites (tertiary alicyclic amines) is 1. The van der Waals surface area contributed by atoms with Crippen molar-refractivity contribution < 1.29 is 28.2 Å². The first-order chi connectivity index (χ1) is 18.4. The zero-order valence-corrected chi connectivity index (χ0v) is 23.3. The van der Waals surface area contributed by atoms with E-state index < -0.39 is 23.3 Å². The fraction of sp³-hybridized carbons (Fsp3) is 0.500. The van der Waals surface area contributed by atoms with Crippen LogP contribution in [0.5, 0.6) is 5.75 Å². The van der Waals surface area contributed by atoms with Crippen molar-refractivity contribution >= 4 is 17.9 Å². The zero-order valence-electron chi connectivity index (χ0n) is 23.3. The van der Waals surface area contributed by atoms with E-state index in [-0.39, 0.29) is 43.0 Å². The Kier molecular flexibility index (Phi) is 8.18. The molecule has 9 heteroatoms. The number of benzene rings is 2. The molecule has 4 rings (SSSR count). The van der Waals surface area contributed by atoms with E-state index in [1.54, 1.807) is 26.8 Å². The molecule has 210 valence electrons. The van der Waals surface area contributed by atoms with Crippen molar-refractivity contribution in [1.29, 1.82) is 0 Å². The molecule has 0 spiro atoms. The summed E-state index contributed by atoms with van der Waals surface area (Å²) in [5, 5.41) is 5.43. The van der Waals surface area contributed by atoms with Crippen LogP contribution in [0.4, 0.5) is 9.18 Å². The first-order valence-electron chi connectivity index (χ1n) is 13.5. The number of rotatable bonds is 6. The molecule has 0 radical (unpaired) electrons. The summed E-state index contributed by atoms with van der Waals surface area (Å²) in [6.45, 7) is 7.71. The molecule has 2 N–H and O–H groups in total. The minimum absolute atomic E-state index is 0.0536. The van der Waals surface area contributed by atoms with Gasteiger partial charge in [0.2, 0.25) is 0 Å². The van der Waals surface area contributed by atoms with Gasteiger partial charge in [-0.2, -0.15) is 0 Å². The van der Waals surface area contributed by atoms with Crippen LogP contribution < -0.4 is 15.4 Å². The van der Waals surface area contributed by atoms with Gasteiger partial charge in [-0.1, -0.05) is 30.3 Å². The van der Waals surface area contributed by atoms with Crippen LogP contribution in [-0.2, 0) is 4.74 Å². The number of carbonyl (C=O) groups is 3. The van der Waals surface area contributed by atoms with E-state index >= 15 is 4.39 Å². The molecule has 2 aromatic carbocycles. The highest BCUT2D eigenvalue weighted by atomic mass is 19.1. The van der Waals surface area contributed by atoms with Gasteiger partial charge in [-0.15, -0.1) is 0 Å². The Balaban J connectivity index is 1.48. The molecule has 8 nitrogen and oxygen atoms in total. The molecule has 0 aliphatic carbocycles. The molecule has 3 atom stereocenters. The lowest BCUT2D eigenvalue weighted by Crippen LogP contribution is -2.50. The van der Waals surface area contributed by atoms with Gasteiger partial charge >= 0.3 is 6.09 Å². The average Bonchev–Trinajstić information content (AvgIpc) is 3.22. The zero-order chi connectivity index (χ0) is 28.4. The summed E-state index contributed by atoms with van der Waals surface area (Å²) >= 11 is 0. The molecule has 1 fully saturated rings. The maximum absolute atomic E-state index is 15.7. The number of piperidine rings is 1. The summed E-state index contributed by atoms with van der Waals surface area (Å²) in [7, 11) is 1.53. The SMILES string of the molecule is CNC(=O)c1cc(C(=O)NCCC2(F)CCCN(C(=O)OC(C)(C)C)C2)cc2c1OC(C)C2c1ccccc1. The Morgan fingerprint density at radius 3 is 2.54 bits per heavy atom. The van der Waals surface area contributed by atoms with Gasteiger partial charge < -0.3 is 25.0 Å². The molecule has 2 aliphatic rings. The summed E-state index contributed by atoms with van der Waals surface area (Å²) < 4.78 is 27.2. The molecule has 2 aromatic rings. The van der Waals surface area contributed by atoms with E-state index in [1.807, 2.05) is 37.3 Å². The number of carbonyl (C=O) groups excluding carboxylic acids is 3. The first kappa shape index (κ1) is 28.4. The molecule has 3 unspecified atom stereocenters. The van der Waals surface area contributed by atoms with Crippen LogP contribution in [0, 0.1) is 0 Å². The highest BCUT2D eigenvalue weighted by Gasteiger charge is 2.39. The average molecular weight is 540 g/mol. The highest BCUT2D eigenvalue weighted by Crippen LogP contribution is 2.45. The monoisotopic (exact) mass is 539 g/mol. The molecule has 0 aromatic heterocycles.